The Morgan fingerprint density at radius 3 is 2.69 bits per heavy atom. The number of furan rings is 1. The molecule has 0 aromatic carbocycles. The van der Waals surface area contributed by atoms with Gasteiger partial charge in [0.1, 0.15) is 5.76 Å². The van der Waals surface area contributed by atoms with E-state index in [1.807, 2.05) is 12.1 Å². The molecule has 2 N–H and O–H groups in total. The summed E-state index contributed by atoms with van der Waals surface area (Å²) in [5.41, 5.74) is 6.16. The van der Waals surface area contributed by atoms with E-state index in [0.29, 0.717) is 12.1 Å². The lowest BCUT2D eigenvalue weighted by Crippen LogP contribution is -2.46. The van der Waals surface area contributed by atoms with Crippen molar-refractivity contribution in [3.05, 3.63) is 24.2 Å². The van der Waals surface area contributed by atoms with Crippen molar-refractivity contribution in [1.29, 1.82) is 0 Å². The molecular weight excluding hydrogens is 200 g/mol. The van der Waals surface area contributed by atoms with Gasteiger partial charge in [0.15, 0.2) is 0 Å². The van der Waals surface area contributed by atoms with Gasteiger partial charge in [-0.3, -0.25) is 4.90 Å². The van der Waals surface area contributed by atoms with Gasteiger partial charge in [0.2, 0.25) is 0 Å². The van der Waals surface area contributed by atoms with E-state index in [4.69, 9.17) is 10.2 Å². The summed E-state index contributed by atoms with van der Waals surface area (Å²) in [5.74, 6) is 0.893. The minimum absolute atomic E-state index is 0.00185. The molecule has 2 heterocycles. The van der Waals surface area contributed by atoms with Crippen LogP contribution in [0.3, 0.4) is 0 Å². The van der Waals surface area contributed by atoms with E-state index in [1.54, 1.807) is 6.26 Å². The highest BCUT2D eigenvalue weighted by Gasteiger charge is 2.26. The van der Waals surface area contributed by atoms with Gasteiger partial charge in [-0.05, 0) is 38.8 Å². The molecule has 1 aliphatic heterocycles. The van der Waals surface area contributed by atoms with E-state index in [2.05, 4.69) is 18.7 Å². The molecule has 3 atom stereocenters. The van der Waals surface area contributed by atoms with Gasteiger partial charge < -0.3 is 10.2 Å². The van der Waals surface area contributed by atoms with Crippen molar-refractivity contribution < 1.29 is 4.42 Å². The number of rotatable bonds is 3. The first kappa shape index (κ1) is 11.7. The molecule has 3 unspecified atom stereocenters. The standard InChI is InChI=1S/C13H22N2O/c1-10-5-3-6-11(2)15(10)9-12(14)13-7-4-8-16-13/h4,7-8,10-12H,3,5-6,9,14H2,1-2H3. The molecule has 1 aliphatic rings. The van der Waals surface area contributed by atoms with E-state index in [-0.39, 0.29) is 6.04 Å². The highest BCUT2D eigenvalue weighted by molar-refractivity contribution is 5.04. The summed E-state index contributed by atoms with van der Waals surface area (Å²) in [6.07, 6.45) is 5.61. The quantitative estimate of drug-likeness (QED) is 0.854. The molecule has 1 fully saturated rings. The maximum absolute atomic E-state index is 6.16. The smallest absolute Gasteiger partial charge is 0.121 e. The van der Waals surface area contributed by atoms with Crippen molar-refractivity contribution in [1.82, 2.24) is 4.90 Å². The van der Waals surface area contributed by atoms with Crippen LogP contribution in [0.25, 0.3) is 0 Å². The van der Waals surface area contributed by atoms with Crippen LogP contribution in [0.1, 0.15) is 44.9 Å². The third kappa shape index (κ3) is 2.47. The molecule has 2 rings (SSSR count). The summed E-state index contributed by atoms with van der Waals surface area (Å²) >= 11 is 0. The highest BCUT2D eigenvalue weighted by atomic mass is 16.3. The first-order valence-corrected chi connectivity index (χ1v) is 6.23. The third-order valence-electron chi connectivity index (χ3n) is 3.69. The minimum Gasteiger partial charge on any atom is -0.468 e. The third-order valence-corrected chi connectivity index (χ3v) is 3.69. The number of nitrogens with two attached hydrogens (primary N) is 1. The van der Waals surface area contributed by atoms with E-state index < -0.39 is 0 Å². The van der Waals surface area contributed by atoms with Crippen LogP contribution in [0, 0.1) is 0 Å². The summed E-state index contributed by atoms with van der Waals surface area (Å²) in [6, 6.07) is 5.15. The molecule has 3 nitrogen and oxygen atoms in total. The normalized spacial score (nSPS) is 29.2. The zero-order chi connectivity index (χ0) is 11.5. The molecule has 1 saturated heterocycles. The molecule has 0 saturated carbocycles. The van der Waals surface area contributed by atoms with Gasteiger partial charge in [0.25, 0.3) is 0 Å². The first-order valence-electron chi connectivity index (χ1n) is 6.23. The Balaban J connectivity index is 1.97. The van der Waals surface area contributed by atoms with Crippen molar-refractivity contribution >= 4 is 0 Å². The predicted octanol–water partition coefficient (Wildman–Crippen LogP) is 2.54. The van der Waals surface area contributed by atoms with E-state index in [0.717, 1.165) is 12.3 Å². The summed E-state index contributed by atoms with van der Waals surface area (Å²) in [4.78, 5) is 2.51. The number of nitrogens with zero attached hydrogens (tertiary/aromatic N) is 1. The SMILES string of the molecule is CC1CCCC(C)N1CC(N)c1ccco1. The molecular formula is C13H22N2O. The van der Waals surface area contributed by atoms with E-state index in [1.165, 1.54) is 19.3 Å². The van der Waals surface area contributed by atoms with Gasteiger partial charge in [-0.2, -0.15) is 0 Å². The number of piperidine rings is 1. The molecule has 0 aliphatic carbocycles. The Morgan fingerprint density at radius 1 is 1.44 bits per heavy atom. The number of likely N-dealkylation sites (tertiary alicyclic amines) is 1. The second kappa shape index (κ2) is 5.02. The lowest BCUT2D eigenvalue weighted by atomic mass is 9.96. The fraction of sp³-hybridized carbons (Fsp3) is 0.692. The maximum Gasteiger partial charge on any atom is 0.121 e. The Bertz CT molecular complexity index is 300. The Morgan fingerprint density at radius 2 is 2.12 bits per heavy atom. The van der Waals surface area contributed by atoms with Crippen LogP contribution in [-0.2, 0) is 0 Å². The van der Waals surface area contributed by atoms with E-state index >= 15 is 0 Å². The van der Waals surface area contributed by atoms with E-state index in [9.17, 15) is 0 Å². The first-order chi connectivity index (χ1) is 7.68. The zero-order valence-corrected chi connectivity index (χ0v) is 10.2. The van der Waals surface area contributed by atoms with Crippen LogP contribution in [0.4, 0.5) is 0 Å². The Hall–Kier alpha value is -0.800. The van der Waals surface area contributed by atoms with Gasteiger partial charge in [-0.15, -0.1) is 0 Å². The highest BCUT2D eigenvalue weighted by Crippen LogP contribution is 2.24. The molecule has 0 spiro atoms. The fourth-order valence-corrected chi connectivity index (χ4v) is 2.65. The zero-order valence-electron chi connectivity index (χ0n) is 10.2. The second-order valence-electron chi connectivity index (χ2n) is 4.95. The molecule has 1 aromatic heterocycles. The van der Waals surface area contributed by atoms with Crippen LogP contribution >= 0.6 is 0 Å². The minimum atomic E-state index is -0.00185. The number of hydrogen-bond acceptors (Lipinski definition) is 3. The molecule has 0 bridgehead atoms. The predicted molar refractivity (Wildman–Crippen MR) is 65.1 cm³/mol. The second-order valence-corrected chi connectivity index (χ2v) is 4.95. The summed E-state index contributed by atoms with van der Waals surface area (Å²) in [5, 5.41) is 0. The van der Waals surface area contributed by atoms with Crippen molar-refractivity contribution in [3.63, 3.8) is 0 Å². The van der Waals surface area contributed by atoms with Gasteiger partial charge in [0.05, 0.1) is 12.3 Å². The van der Waals surface area contributed by atoms with Crippen molar-refractivity contribution in [3.8, 4) is 0 Å². The summed E-state index contributed by atoms with van der Waals surface area (Å²) < 4.78 is 5.36. The number of hydrogen-bond donors (Lipinski definition) is 1. The largest absolute Gasteiger partial charge is 0.468 e. The molecule has 0 radical (unpaired) electrons. The summed E-state index contributed by atoms with van der Waals surface area (Å²) in [7, 11) is 0. The maximum atomic E-state index is 6.16. The van der Waals surface area contributed by atoms with Crippen molar-refractivity contribution in [2.75, 3.05) is 6.54 Å². The topological polar surface area (TPSA) is 42.4 Å². The van der Waals surface area contributed by atoms with Crippen molar-refractivity contribution in [2.45, 2.75) is 51.2 Å². The Labute approximate surface area is 97.6 Å². The van der Waals surface area contributed by atoms with Gasteiger partial charge >= 0.3 is 0 Å². The summed E-state index contributed by atoms with van der Waals surface area (Å²) in [6.45, 7) is 5.49. The molecule has 16 heavy (non-hydrogen) atoms. The van der Waals surface area contributed by atoms with Crippen molar-refractivity contribution in [2.24, 2.45) is 5.73 Å². The van der Waals surface area contributed by atoms with Crippen LogP contribution in [0.5, 0.6) is 0 Å². The van der Waals surface area contributed by atoms with Gasteiger partial charge in [-0.25, -0.2) is 0 Å². The lowest BCUT2D eigenvalue weighted by Gasteiger charge is -2.40. The van der Waals surface area contributed by atoms with Gasteiger partial charge in [-0.1, -0.05) is 6.42 Å². The molecule has 90 valence electrons. The van der Waals surface area contributed by atoms with Crippen LogP contribution in [-0.4, -0.2) is 23.5 Å². The Kier molecular flexibility index (Phi) is 3.66. The average molecular weight is 222 g/mol. The molecule has 3 heteroatoms. The van der Waals surface area contributed by atoms with Crippen LogP contribution in [0.15, 0.2) is 22.8 Å². The molecule has 1 aromatic rings. The van der Waals surface area contributed by atoms with Crippen LogP contribution in [0.2, 0.25) is 0 Å². The molecule has 0 amide bonds. The lowest BCUT2D eigenvalue weighted by molar-refractivity contribution is 0.0933. The monoisotopic (exact) mass is 222 g/mol. The fourth-order valence-electron chi connectivity index (χ4n) is 2.65. The van der Waals surface area contributed by atoms with Gasteiger partial charge in [0, 0.05) is 18.6 Å². The average Bonchev–Trinajstić information content (AvgIpc) is 2.76. The van der Waals surface area contributed by atoms with Crippen LogP contribution < -0.4 is 5.73 Å².